The molecule has 0 saturated heterocycles. The molecule has 0 fully saturated rings. The Kier molecular flexibility index (Phi) is 4.89. The van der Waals surface area contributed by atoms with Crippen LogP contribution < -0.4 is 15.6 Å². The Bertz CT molecular complexity index is 445. The van der Waals surface area contributed by atoms with Crippen molar-refractivity contribution < 1.29 is 9.77 Å². The summed E-state index contributed by atoms with van der Waals surface area (Å²) in [7, 11) is 0. The number of oxime groups is 1. The summed E-state index contributed by atoms with van der Waals surface area (Å²) in [5.74, 6) is 0. The van der Waals surface area contributed by atoms with Crippen LogP contribution in [0.15, 0.2) is 29.4 Å². The van der Waals surface area contributed by atoms with Crippen molar-refractivity contribution in [2.45, 2.75) is 6.92 Å². The molecule has 0 saturated carbocycles. The minimum absolute atomic E-state index is 0.374. The fraction of sp³-hybridized carbons (Fsp3) is 0.125. The zero-order valence-electron chi connectivity index (χ0n) is 8.53. The van der Waals surface area contributed by atoms with Gasteiger partial charge in [-0.25, -0.2) is 0 Å². The molecule has 0 radical (unpaired) electrons. The van der Waals surface area contributed by atoms with E-state index in [1.165, 1.54) is 0 Å². The molecule has 0 heterocycles. The van der Waals surface area contributed by atoms with Crippen LogP contribution in [0.2, 0.25) is 0 Å². The highest BCUT2D eigenvalue weighted by molar-refractivity contribution is 8.91. The summed E-state index contributed by atoms with van der Waals surface area (Å²) < 4.78 is 12.3. The van der Waals surface area contributed by atoms with E-state index in [0.29, 0.717) is 16.6 Å². The van der Waals surface area contributed by atoms with Crippen LogP contribution in [0.5, 0.6) is 0 Å². The number of hydrogen-bond donors (Lipinski definition) is 3. The van der Waals surface area contributed by atoms with Crippen LogP contribution in [-0.4, -0.2) is 10.9 Å². The molecule has 0 unspecified atom stereocenters. The maximum absolute atomic E-state index is 12.3. The van der Waals surface area contributed by atoms with E-state index in [0.717, 1.165) is 23.1 Å². The summed E-state index contributed by atoms with van der Waals surface area (Å²) in [5.41, 5.74) is -1.98. The van der Waals surface area contributed by atoms with E-state index in [4.69, 9.17) is 15.5 Å². The van der Waals surface area contributed by atoms with Gasteiger partial charge in [0.15, 0.2) is 0 Å². The minimum atomic E-state index is -2.94. The van der Waals surface area contributed by atoms with Crippen molar-refractivity contribution in [3.63, 3.8) is 0 Å². The molecule has 5 nitrogen and oxygen atoms in total. The number of nitrogens with zero attached hydrogens (tertiary/aromatic N) is 1. The van der Waals surface area contributed by atoms with Crippen LogP contribution in [-0.2, 0) is 4.57 Å². The molecular formula is C8H12N3O2PS2. The van der Waals surface area contributed by atoms with Gasteiger partial charge in [0.1, 0.15) is 0 Å². The largest absolute Gasteiger partial charge is 0.411 e. The quantitative estimate of drug-likeness (QED) is 0.255. The van der Waals surface area contributed by atoms with E-state index in [1.54, 1.807) is 31.2 Å². The van der Waals surface area contributed by atoms with Gasteiger partial charge in [-0.15, -0.1) is 0 Å². The Morgan fingerprint density at radius 3 is 2.44 bits per heavy atom. The third-order valence-corrected chi connectivity index (χ3v) is 7.95. The predicted molar refractivity (Wildman–Crippen MR) is 71.2 cm³/mol. The molecule has 0 aliphatic carbocycles. The molecule has 88 valence electrons. The topological polar surface area (TPSA) is 102 Å². The number of hydrogen-bond acceptors (Lipinski definition) is 7. The molecule has 0 aliphatic rings. The van der Waals surface area contributed by atoms with Gasteiger partial charge in [-0.2, -0.15) is 0 Å². The SMILES string of the molecule is CC(=NO)c1ccccc1P(=O)(SN)SN. The molecule has 0 aromatic heterocycles. The number of rotatable bonds is 4. The monoisotopic (exact) mass is 277 g/mol. The average Bonchev–Trinajstić information content (AvgIpc) is 2.37. The van der Waals surface area contributed by atoms with Crippen LogP contribution in [0.25, 0.3) is 0 Å². The molecule has 0 aliphatic heterocycles. The second kappa shape index (κ2) is 5.75. The zero-order valence-corrected chi connectivity index (χ0v) is 11.1. The molecule has 0 spiro atoms. The summed E-state index contributed by atoms with van der Waals surface area (Å²) in [5, 5.41) is 23.2. The third-order valence-electron chi connectivity index (χ3n) is 2.02. The summed E-state index contributed by atoms with van der Waals surface area (Å²) in [4.78, 5) is 0. The van der Waals surface area contributed by atoms with Crippen molar-refractivity contribution in [2.24, 2.45) is 15.4 Å². The first kappa shape index (κ1) is 13.6. The van der Waals surface area contributed by atoms with Crippen LogP contribution >= 0.6 is 28.7 Å². The van der Waals surface area contributed by atoms with Crippen molar-refractivity contribution in [3.05, 3.63) is 29.8 Å². The molecule has 1 rings (SSSR count). The highest BCUT2D eigenvalue weighted by atomic mass is 33.1. The smallest absolute Gasteiger partial charge is 0.247 e. The lowest BCUT2D eigenvalue weighted by molar-refractivity contribution is 0.319. The minimum Gasteiger partial charge on any atom is -0.411 e. The third kappa shape index (κ3) is 2.61. The van der Waals surface area contributed by atoms with E-state index in [9.17, 15) is 4.57 Å². The standard InChI is InChI=1S/C8H12N3O2PS2/c1-6(11-12)7-4-2-3-5-8(7)14(13,15-9)16-10/h2-5,12H,9-10H2,1H3. The molecule has 16 heavy (non-hydrogen) atoms. The lowest BCUT2D eigenvalue weighted by Gasteiger charge is -2.15. The van der Waals surface area contributed by atoms with E-state index >= 15 is 0 Å². The molecule has 1 aromatic rings. The summed E-state index contributed by atoms with van der Waals surface area (Å²) >= 11 is 1.45. The van der Waals surface area contributed by atoms with Crippen molar-refractivity contribution >= 4 is 39.7 Å². The van der Waals surface area contributed by atoms with Gasteiger partial charge in [-0.05, 0) is 36.1 Å². The van der Waals surface area contributed by atoms with Gasteiger partial charge >= 0.3 is 0 Å². The highest BCUT2D eigenvalue weighted by Gasteiger charge is 2.27. The Morgan fingerprint density at radius 1 is 1.38 bits per heavy atom. The molecule has 0 bridgehead atoms. The zero-order chi connectivity index (χ0) is 12.2. The maximum Gasteiger partial charge on any atom is 0.247 e. The summed E-state index contributed by atoms with van der Waals surface area (Å²) in [6.07, 6.45) is 0. The fourth-order valence-electron chi connectivity index (χ4n) is 1.21. The van der Waals surface area contributed by atoms with Gasteiger partial charge in [0.2, 0.25) is 5.55 Å². The van der Waals surface area contributed by atoms with Crippen LogP contribution in [0.3, 0.4) is 0 Å². The second-order valence-corrected chi connectivity index (χ2v) is 9.85. The van der Waals surface area contributed by atoms with Crippen molar-refractivity contribution in [1.82, 2.24) is 0 Å². The van der Waals surface area contributed by atoms with Crippen LogP contribution in [0, 0.1) is 0 Å². The molecule has 0 amide bonds. The molecule has 5 N–H and O–H groups in total. The van der Waals surface area contributed by atoms with Gasteiger partial charge in [0.05, 0.1) is 5.71 Å². The lowest BCUT2D eigenvalue weighted by Crippen LogP contribution is -2.14. The Hall–Kier alpha value is -0.460. The first-order valence-corrected chi connectivity index (χ1v) is 8.92. The van der Waals surface area contributed by atoms with E-state index < -0.39 is 5.55 Å². The predicted octanol–water partition coefficient (Wildman–Crippen LogP) is 1.92. The first-order valence-electron chi connectivity index (χ1n) is 4.24. The molecule has 0 atom stereocenters. The van der Waals surface area contributed by atoms with Gasteiger partial charge in [0, 0.05) is 10.9 Å². The second-order valence-electron chi connectivity index (χ2n) is 2.91. The summed E-state index contributed by atoms with van der Waals surface area (Å²) in [6.45, 7) is 1.62. The highest BCUT2D eigenvalue weighted by Crippen LogP contribution is 2.63. The van der Waals surface area contributed by atoms with Crippen LogP contribution in [0.1, 0.15) is 12.5 Å². The Balaban J connectivity index is 3.39. The Morgan fingerprint density at radius 2 is 1.94 bits per heavy atom. The van der Waals surface area contributed by atoms with E-state index in [2.05, 4.69) is 5.16 Å². The molecular weight excluding hydrogens is 265 g/mol. The van der Waals surface area contributed by atoms with Crippen molar-refractivity contribution in [2.75, 3.05) is 0 Å². The van der Waals surface area contributed by atoms with Crippen molar-refractivity contribution in [1.29, 1.82) is 0 Å². The fourth-order valence-corrected chi connectivity index (χ4v) is 4.52. The van der Waals surface area contributed by atoms with Gasteiger partial charge in [-0.1, -0.05) is 23.4 Å². The summed E-state index contributed by atoms with van der Waals surface area (Å²) in [6, 6.07) is 6.89. The number of benzene rings is 1. The average molecular weight is 277 g/mol. The van der Waals surface area contributed by atoms with Crippen molar-refractivity contribution in [3.8, 4) is 0 Å². The Labute approximate surface area is 102 Å². The number of nitrogens with two attached hydrogens (primary N) is 2. The normalized spacial score (nSPS) is 12.8. The molecule has 1 aromatic carbocycles. The van der Waals surface area contributed by atoms with Gasteiger partial charge < -0.3 is 5.21 Å². The van der Waals surface area contributed by atoms with E-state index in [-0.39, 0.29) is 0 Å². The van der Waals surface area contributed by atoms with Gasteiger partial charge in [-0.3, -0.25) is 14.8 Å². The first-order chi connectivity index (χ1) is 7.59. The van der Waals surface area contributed by atoms with Crippen LogP contribution in [0.4, 0.5) is 0 Å². The maximum atomic E-state index is 12.3. The molecule has 8 heteroatoms. The van der Waals surface area contributed by atoms with Gasteiger partial charge in [0.25, 0.3) is 0 Å². The lowest BCUT2D eigenvalue weighted by atomic mass is 10.1. The van der Waals surface area contributed by atoms with E-state index in [1.807, 2.05) is 0 Å².